The summed E-state index contributed by atoms with van der Waals surface area (Å²) in [7, 11) is 4.09. The Kier molecular flexibility index (Phi) is 4.63. The third-order valence-corrected chi connectivity index (χ3v) is 3.68. The SMILES string of the molecule is C=C(C[n+]1ccc(N(C)C)cc1)Sc1ccccc1. The van der Waals surface area contributed by atoms with Gasteiger partial charge in [0.05, 0.1) is 0 Å². The van der Waals surface area contributed by atoms with Crippen LogP contribution >= 0.6 is 11.8 Å². The molecule has 98 valence electrons. The van der Waals surface area contributed by atoms with Crippen LogP contribution in [0.3, 0.4) is 0 Å². The maximum atomic E-state index is 4.13. The summed E-state index contributed by atoms with van der Waals surface area (Å²) in [4.78, 5) is 4.46. The van der Waals surface area contributed by atoms with E-state index in [1.165, 1.54) is 10.6 Å². The van der Waals surface area contributed by atoms with E-state index < -0.39 is 0 Å². The number of benzene rings is 1. The number of aromatic nitrogens is 1. The first kappa shape index (κ1) is 13.7. The lowest BCUT2D eigenvalue weighted by atomic mass is 10.4. The molecule has 0 spiro atoms. The average molecular weight is 271 g/mol. The zero-order valence-electron chi connectivity index (χ0n) is 11.4. The molecule has 19 heavy (non-hydrogen) atoms. The Labute approximate surface area is 119 Å². The predicted octanol–water partition coefficient (Wildman–Crippen LogP) is 3.35. The minimum atomic E-state index is 0.827. The third-order valence-electron chi connectivity index (χ3n) is 2.75. The van der Waals surface area contributed by atoms with Crippen molar-refractivity contribution in [1.29, 1.82) is 0 Å². The molecule has 2 aromatic rings. The fourth-order valence-corrected chi connectivity index (χ4v) is 2.58. The minimum absolute atomic E-state index is 0.827. The van der Waals surface area contributed by atoms with E-state index >= 15 is 0 Å². The van der Waals surface area contributed by atoms with E-state index in [0.29, 0.717) is 0 Å². The molecule has 0 aliphatic rings. The van der Waals surface area contributed by atoms with Gasteiger partial charge in [0, 0.05) is 41.7 Å². The van der Waals surface area contributed by atoms with Gasteiger partial charge in [0.1, 0.15) is 0 Å². The van der Waals surface area contributed by atoms with Gasteiger partial charge < -0.3 is 4.90 Å². The van der Waals surface area contributed by atoms with E-state index in [2.05, 4.69) is 64.8 Å². The van der Waals surface area contributed by atoms with Gasteiger partial charge in [-0.3, -0.25) is 0 Å². The molecule has 1 aromatic heterocycles. The summed E-state index contributed by atoms with van der Waals surface area (Å²) in [6.07, 6.45) is 4.18. The fraction of sp³-hybridized carbons (Fsp3) is 0.188. The smallest absolute Gasteiger partial charge is 0.179 e. The minimum Gasteiger partial charge on any atom is -0.377 e. The second kappa shape index (κ2) is 6.43. The standard InChI is InChI=1S/C16H19N2S/c1-14(19-16-7-5-4-6-8-16)13-18-11-9-15(10-12-18)17(2)3/h4-12H,1,13H2,2-3H3/q+1. The van der Waals surface area contributed by atoms with Crippen LogP contribution in [-0.4, -0.2) is 14.1 Å². The van der Waals surface area contributed by atoms with Gasteiger partial charge in [-0.25, -0.2) is 4.57 Å². The Balaban J connectivity index is 1.95. The molecule has 0 fully saturated rings. The molecule has 2 rings (SSSR count). The van der Waals surface area contributed by atoms with E-state index in [1.807, 2.05) is 20.2 Å². The Hall–Kier alpha value is -1.74. The lowest BCUT2D eigenvalue weighted by Crippen LogP contribution is -2.33. The summed E-state index contributed by atoms with van der Waals surface area (Å²) in [6.45, 7) is 4.96. The molecule has 0 aliphatic carbocycles. The number of anilines is 1. The molecule has 0 aliphatic heterocycles. The number of hydrogen-bond donors (Lipinski definition) is 0. The Morgan fingerprint density at radius 3 is 2.32 bits per heavy atom. The van der Waals surface area contributed by atoms with Crippen molar-refractivity contribution in [3.63, 3.8) is 0 Å². The molecule has 0 N–H and O–H groups in total. The summed E-state index contributed by atoms with van der Waals surface area (Å²) in [6, 6.07) is 14.6. The molecule has 0 amide bonds. The summed E-state index contributed by atoms with van der Waals surface area (Å²) in [5.41, 5.74) is 1.21. The average Bonchev–Trinajstić information content (AvgIpc) is 2.40. The van der Waals surface area contributed by atoms with E-state index in [0.717, 1.165) is 11.4 Å². The van der Waals surface area contributed by atoms with Gasteiger partial charge in [0.2, 0.25) is 0 Å². The number of nitrogens with zero attached hydrogens (tertiary/aromatic N) is 2. The van der Waals surface area contributed by atoms with Crippen molar-refractivity contribution < 1.29 is 4.57 Å². The van der Waals surface area contributed by atoms with Crippen molar-refractivity contribution in [2.75, 3.05) is 19.0 Å². The van der Waals surface area contributed by atoms with E-state index in [1.54, 1.807) is 11.8 Å². The molecule has 0 bridgehead atoms. The highest BCUT2D eigenvalue weighted by molar-refractivity contribution is 8.03. The number of hydrogen-bond acceptors (Lipinski definition) is 2. The van der Waals surface area contributed by atoms with Crippen LogP contribution in [0, 0.1) is 0 Å². The first-order valence-electron chi connectivity index (χ1n) is 6.22. The van der Waals surface area contributed by atoms with Crippen molar-refractivity contribution in [3.05, 3.63) is 66.3 Å². The van der Waals surface area contributed by atoms with Gasteiger partial charge >= 0.3 is 0 Å². The van der Waals surface area contributed by atoms with Crippen LogP contribution < -0.4 is 9.47 Å². The maximum absolute atomic E-state index is 4.13. The molecule has 1 heterocycles. The molecule has 0 saturated heterocycles. The van der Waals surface area contributed by atoms with Gasteiger partial charge in [-0.2, -0.15) is 0 Å². The first-order chi connectivity index (χ1) is 9.15. The van der Waals surface area contributed by atoms with Gasteiger partial charge in [-0.05, 0) is 12.1 Å². The highest BCUT2D eigenvalue weighted by Crippen LogP contribution is 2.24. The van der Waals surface area contributed by atoms with Crippen LogP contribution in [0.25, 0.3) is 0 Å². The van der Waals surface area contributed by atoms with E-state index in [9.17, 15) is 0 Å². The molecule has 1 aromatic carbocycles. The second-order valence-electron chi connectivity index (χ2n) is 4.58. The zero-order valence-corrected chi connectivity index (χ0v) is 12.2. The van der Waals surface area contributed by atoms with Gasteiger partial charge in [0.15, 0.2) is 18.9 Å². The third kappa shape index (κ3) is 4.14. The van der Waals surface area contributed by atoms with Crippen molar-refractivity contribution in [3.8, 4) is 0 Å². The molecular weight excluding hydrogens is 252 g/mol. The molecule has 0 unspecified atom stereocenters. The zero-order chi connectivity index (χ0) is 13.7. The van der Waals surface area contributed by atoms with Crippen LogP contribution in [0.5, 0.6) is 0 Å². The Morgan fingerprint density at radius 2 is 1.74 bits per heavy atom. The lowest BCUT2D eigenvalue weighted by molar-refractivity contribution is -0.687. The lowest BCUT2D eigenvalue weighted by Gasteiger charge is -2.10. The highest BCUT2D eigenvalue weighted by atomic mass is 32.2. The molecule has 3 heteroatoms. The van der Waals surface area contributed by atoms with Crippen molar-refractivity contribution in [1.82, 2.24) is 0 Å². The Bertz CT molecular complexity index is 532. The predicted molar refractivity (Wildman–Crippen MR) is 82.4 cm³/mol. The fourth-order valence-electron chi connectivity index (χ4n) is 1.74. The van der Waals surface area contributed by atoms with Gasteiger partial charge in [0.25, 0.3) is 0 Å². The van der Waals surface area contributed by atoms with Crippen LogP contribution in [0.2, 0.25) is 0 Å². The van der Waals surface area contributed by atoms with Crippen molar-refractivity contribution in [2.24, 2.45) is 0 Å². The highest BCUT2D eigenvalue weighted by Gasteiger charge is 2.06. The number of pyridine rings is 1. The van der Waals surface area contributed by atoms with Crippen LogP contribution in [0.1, 0.15) is 0 Å². The van der Waals surface area contributed by atoms with Crippen LogP contribution in [-0.2, 0) is 6.54 Å². The van der Waals surface area contributed by atoms with Gasteiger partial charge in [-0.15, -0.1) is 0 Å². The summed E-state index contributed by atoms with van der Waals surface area (Å²) in [5, 5.41) is 0. The molecular formula is C16H19N2S+. The Morgan fingerprint density at radius 1 is 1.11 bits per heavy atom. The summed E-state index contributed by atoms with van der Waals surface area (Å²) in [5.74, 6) is 0. The summed E-state index contributed by atoms with van der Waals surface area (Å²) >= 11 is 1.72. The topological polar surface area (TPSA) is 7.12 Å². The first-order valence-corrected chi connectivity index (χ1v) is 7.04. The quantitative estimate of drug-likeness (QED) is 0.608. The second-order valence-corrected chi connectivity index (χ2v) is 5.83. The monoisotopic (exact) mass is 271 g/mol. The largest absolute Gasteiger partial charge is 0.377 e. The van der Waals surface area contributed by atoms with Crippen molar-refractivity contribution in [2.45, 2.75) is 11.4 Å². The van der Waals surface area contributed by atoms with Crippen LogP contribution in [0.4, 0.5) is 5.69 Å². The molecule has 2 nitrogen and oxygen atoms in total. The van der Waals surface area contributed by atoms with E-state index in [-0.39, 0.29) is 0 Å². The van der Waals surface area contributed by atoms with E-state index in [4.69, 9.17) is 0 Å². The number of thioether (sulfide) groups is 1. The van der Waals surface area contributed by atoms with Crippen molar-refractivity contribution >= 4 is 17.4 Å². The number of rotatable bonds is 5. The maximum Gasteiger partial charge on any atom is 0.179 e. The molecule has 0 saturated carbocycles. The molecule has 0 atom stereocenters. The number of allylic oxidation sites excluding steroid dienone is 1. The summed E-state index contributed by atoms with van der Waals surface area (Å²) < 4.78 is 2.14. The normalized spacial score (nSPS) is 10.2. The van der Waals surface area contributed by atoms with Crippen LogP contribution in [0.15, 0.2) is 71.2 Å². The molecule has 0 radical (unpaired) electrons. The van der Waals surface area contributed by atoms with Gasteiger partial charge in [-0.1, -0.05) is 36.5 Å².